The van der Waals surface area contributed by atoms with Gasteiger partial charge in [0.2, 0.25) is 0 Å². The maximum absolute atomic E-state index is 12.8. The fourth-order valence-corrected chi connectivity index (χ4v) is 3.05. The fraction of sp³-hybridized carbons (Fsp3) is 0.278. The molecule has 0 aromatic heterocycles. The Hall–Kier alpha value is -2.21. The van der Waals surface area contributed by atoms with Crippen LogP contribution in [0.25, 0.3) is 0 Å². The van der Waals surface area contributed by atoms with Crippen LogP contribution >= 0.6 is 11.6 Å². The van der Waals surface area contributed by atoms with Gasteiger partial charge in [-0.05, 0) is 49.2 Å². The van der Waals surface area contributed by atoms with Gasteiger partial charge in [-0.2, -0.15) is 13.2 Å². The molecule has 1 heterocycles. The second kappa shape index (κ2) is 6.96. The van der Waals surface area contributed by atoms with Crippen LogP contribution in [0.2, 0.25) is 5.02 Å². The van der Waals surface area contributed by atoms with E-state index in [0.29, 0.717) is 10.7 Å². The van der Waals surface area contributed by atoms with Gasteiger partial charge in [-0.1, -0.05) is 17.7 Å². The molecule has 0 spiro atoms. The molecule has 132 valence electrons. The first-order chi connectivity index (χ1) is 11.8. The number of alkyl halides is 3. The monoisotopic (exact) mass is 368 g/mol. The average molecular weight is 369 g/mol. The minimum absolute atomic E-state index is 0.0535. The van der Waals surface area contributed by atoms with Gasteiger partial charge >= 0.3 is 6.18 Å². The third kappa shape index (κ3) is 4.07. The number of hydrogen-bond donors (Lipinski definition) is 1. The van der Waals surface area contributed by atoms with Crippen molar-refractivity contribution in [3.8, 4) is 0 Å². The Bertz CT molecular complexity index is 786. The Morgan fingerprint density at radius 1 is 1.08 bits per heavy atom. The number of hydrogen-bond acceptors (Lipinski definition) is 2. The van der Waals surface area contributed by atoms with Crippen LogP contribution in [-0.2, 0) is 6.18 Å². The quantitative estimate of drug-likeness (QED) is 0.806. The van der Waals surface area contributed by atoms with Crippen LogP contribution in [0, 0.1) is 0 Å². The second-order valence-corrected chi connectivity index (χ2v) is 6.32. The fourth-order valence-electron chi connectivity index (χ4n) is 2.87. The molecular formula is C18H16ClF3N2O. The molecule has 7 heteroatoms. The van der Waals surface area contributed by atoms with Gasteiger partial charge in [0.25, 0.3) is 5.91 Å². The molecule has 0 aliphatic carbocycles. The number of amides is 1. The van der Waals surface area contributed by atoms with Gasteiger partial charge in [0.15, 0.2) is 0 Å². The molecule has 0 atom stereocenters. The first-order valence-corrected chi connectivity index (χ1v) is 8.25. The zero-order valence-corrected chi connectivity index (χ0v) is 14.0. The lowest BCUT2D eigenvalue weighted by atomic mass is 10.1. The SMILES string of the molecule is O=C(Nc1cc(Cl)ccc1N1CCCC1)c1cccc(C(F)(F)F)c1. The van der Waals surface area contributed by atoms with E-state index in [4.69, 9.17) is 11.6 Å². The number of nitrogens with one attached hydrogen (secondary N) is 1. The molecular weight excluding hydrogens is 353 g/mol. The largest absolute Gasteiger partial charge is 0.416 e. The molecule has 1 aliphatic rings. The van der Waals surface area contributed by atoms with Gasteiger partial charge in [0.05, 0.1) is 16.9 Å². The van der Waals surface area contributed by atoms with E-state index >= 15 is 0 Å². The van der Waals surface area contributed by atoms with Crippen LogP contribution in [0.15, 0.2) is 42.5 Å². The summed E-state index contributed by atoms with van der Waals surface area (Å²) >= 11 is 6.02. The number of carbonyl (C=O) groups excluding carboxylic acids is 1. The highest BCUT2D eigenvalue weighted by Gasteiger charge is 2.31. The molecule has 0 unspecified atom stereocenters. The lowest BCUT2D eigenvalue weighted by Crippen LogP contribution is -2.21. The van der Waals surface area contributed by atoms with Crippen LogP contribution in [0.1, 0.15) is 28.8 Å². The Balaban J connectivity index is 1.87. The van der Waals surface area contributed by atoms with Crippen molar-refractivity contribution in [1.29, 1.82) is 0 Å². The summed E-state index contributed by atoms with van der Waals surface area (Å²) in [7, 11) is 0. The summed E-state index contributed by atoms with van der Waals surface area (Å²) in [5, 5.41) is 3.14. The Morgan fingerprint density at radius 2 is 1.80 bits per heavy atom. The van der Waals surface area contributed by atoms with E-state index in [2.05, 4.69) is 10.2 Å². The molecule has 2 aromatic rings. The normalized spacial score (nSPS) is 14.6. The van der Waals surface area contributed by atoms with Crippen LogP contribution in [0.5, 0.6) is 0 Å². The minimum Gasteiger partial charge on any atom is -0.370 e. The van der Waals surface area contributed by atoms with Crippen LogP contribution in [0.4, 0.5) is 24.5 Å². The van der Waals surface area contributed by atoms with Gasteiger partial charge in [-0.3, -0.25) is 4.79 Å². The molecule has 3 rings (SSSR count). The highest BCUT2D eigenvalue weighted by molar-refractivity contribution is 6.31. The van der Waals surface area contributed by atoms with Crippen molar-refractivity contribution >= 4 is 28.9 Å². The molecule has 1 aliphatic heterocycles. The van der Waals surface area contributed by atoms with Crippen molar-refractivity contribution < 1.29 is 18.0 Å². The lowest BCUT2D eigenvalue weighted by Gasteiger charge is -2.22. The standard InChI is InChI=1S/C18H16ClF3N2O/c19-14-6-7-16(24-8-1-2-9-24)15(11-14)23-17(25)12-4-3-5-13(10-12)18(20,21)22/h3-7,10-11H,1-2,8-9H2,(H,23,25). The third-order valence-electron chi connectivity index (χ3n) is 4.11. The van der Waals surface area contributed by atoms with E-state index in [-0.39, 0.29) is 5.56 Å². The Kier molecular flexibility index (Phi) is 4.90. The summed E-state index contributed by atoms with van der Waals surface area (Å²) in [6.45, 7) is 1.74. The summed E-state index contributed by atoms with van der Waals surface area (Å²) in [4.78, 5) is 14.6. The van der Waals surface area contributed by atoms with Gasteiger partial charge in [0.1, 0.15) is 0 Å². The Morgan fingerprint density at radius 3 is 2.48 bits per heavy atom. The Labute approximate surface area is 148 Å². The predicted molar refractivity (Wildman–Crippen MR) is 92.3 cm³/mol. The van der Waals surface area contributed by atoms with Crippen molar-refractivity contribution in [2.45, 2.75) is 19.0 Å². The van der Waals surface area contributed by atoms with Crippen LogP contribution in [-0.4, -0.2) is 19.0 Å². The first kappa shape index (κ1) is 17.6. The summed E-state index contributed by atoms with van der Waals surface area (Å²) in [6.07, 6.45) is -2.37. The highest BCUT2D eigenvalue weighted by Crippen LogP contribution is 2.33. The molecule has 0 bridgehead atoms. The summed E-state index contributed by atoms with van der Waals surface area (Å²) in [5.74, 6) is -0.603. The highest BCUT2D eigenvalue weighted by atomic mass is 35.5. The molecule has 1 saturated heterocycles. The van der Waals surface area contributed by atoms with Crippen molar-refractivity contribution in [3.05, 3.63) is 58.6 Å². The van der Waals surface area contributed by atoms with Crippen molar-refractivity contribution in [2.24, 2.45) is 0 Å². The van der Waals surface area contributed by atoms with Gasteiger partial charge in [0, 0.05) is 23.7 Å². The zero-order chi connectivity index (χ0) is 18.0. The second-order valence-electron chi connectivity index (χ2n) is 5.89. The first-order valence-electron chi connectivity index (χ1n) is 7.88. The molecule has 25 heavy (non-hydrogen) atoms. The molecule has 0 radical (unpaired) electrons. The number of halogens is 4. The van der Waals surface area contributed by atoms with E-state index in [9.17, 15) is 18.0 Å². The molecule has 3 nitrogen and oxygen atoms in total. The van der Waals surface area contributed by atoms with E-state index in [1.165, 1.54) is 12.1 Å². The maximum atomic E-state index is 12.8. The number of carbonyl (C=O) groups is 1. The number of nitrogens with zero attached hydrogens (tertiary/aromatic N) is 1. The van der Waals surface area contributed by atoms with E-state index < -0.39 is 17.6 Å². The van der Waals surface area contributed by atoms with Crippen molar-refractivity contribution in [1.82, 2.24) is 0 Å². The average Bonchev–Trinajstić information content (AvgIpc) is 3.08. The molecule has 1 N–H and O–H groups in total. The van der Waals surface area contributed by atoms with Gasteiger partial charge in [-0.15, -0.1) is 0 Å². The minimum atomic E-state index is -4.49. The van der Waals surface area contributed by atoms with E-state index in [1.807, 2.05) is 6.07 Å². The van der Waals surface area contributed by atoms with Crippen LogP contribution < -0.4 is 10.2 Å². The third-order valence-corrected chi connectivity index (χ3v) is 4.34. The van der Waals surface area contributed by atoms with Gasteiger partial charge in [-0.25, -0.2) is 0 Å². The predicted octanol–water partition coefficient (Wildman–Crippen LogP) is 5.21. The van der Waals surface area contributed by atoms with E-state index in [1.54, 1.807) is 12.1 Å². The van der Waals surface area contributed by atoms with Crippen LogP contribution in [0.3, 0.4) is 0 Å². The molecule has 1 amide bonds. The molecule has 1 fully saturated rings. The van der Waals surface area contributed by atoms with Crippen molar-refractivity contribution in [2.75, 3.05) is 23.3 Å². The number of rotatable bonds is 3. The van der Waals surface area contributed by atoms with E-state index in [0.717, 1.165) is 43.8 Å². The zero-order valence-electron chi connectivity index (χ0n) is 13.2. The maximum Gasteiger partial charge on any atom is 0.416 e. The summed E-state index contributed by atoms with van der Waals surface area (Å²) in [5.41, 5.74) is 0.409. The molecule has 2 aromatic carbocycles. The summed E-state index contributed by atoms with van der Waals surface area (Å²) in [6, 6.07) is 9.51. The number of benzene rings is 2. The lowest BCUT2D eigenvalue weighted by molar-refractivity contribution is -0.137. The summed E-state index contributed by atoms with van der Waals surface area (Å²) < 4.78 is 38.5. The smallest absolute Gasteiger partial charge is 0.370 e. The van der Waals surface area contributed by atoms with Crippen molar-refractivity contribution in [3.63, 3.8) is 0 Å². The topological polar surface area (TPSA) is 32.3 Å². The number of anilines is 2. The molecule has 0 saturated carbocycles. The van der Waals surface area contributed by atoms with Gasteiger partial charge < -0.3 is 10.2 Å².